The zero-order chi connectivity index (χ0) is 57.3. The second-order valence-corrected chi connectivity index (χ2v) is 30.3. The Balaban J connectivity index is 1.20. The maximum absolute atomic E-state index is 7.17. The van der Waals surface area contributed by atoms with E-state index < -0.39 is 0 Å². The van der Waals surface area contributed by atoms with Gasteiger partial charge in [-0.25, -0.2) is 0 Å². The fourth-order valence-electron chi connectivity index (χ4n) is 14.6. The minimum atomic E-state index is -0.189. The summed E-state index contributed by atoms with van der Waals surface area (Å²) in [5.74, 6) is 0. The molecule has 8 aromatic carbocycles. The van der Waals surface area contributed by atoms with Crippen molar-refractivity contribution in [2.45, 2.75) is 181 Å². The van der Waals surface area contributed by atoms with E-state index in [1.807, 2.05) is 0 Å². The normalized spacial score (nSPS) is 18.8. The van der Waals surface area contributed by atoms with Crippen molar-refractivity contribution in [2.75, 3.05) is 14.7 Å². The van der Waals surface area contributed by atoms with Crippen LogP contribution in [0.15, 0.2) is 156 Å². The third-order valence-electron chi connectivity index (χ3n) is 19.8. The minimum Gasteiger partial charge on any atom is -0.456 e. The molecule has 0 saturated heterocycles. The Morgan fingerprint density at radius 3 is 1.59 bits per heavy atom. The molecule has 412 valence electrons. The summed E-state index contributed by atoms with van der Waals surface area (Å²) in [6, 6.07) is 59.7. The molecule has 0 N–H and O–H groups in total. The van der Waals surface area contributed by atoms with E-state index in [9.17, 15) is 0 Å². The van der Waals surface area contributed by atoms with E-state index in [0.29, 0.717) is 0 Å². The van der Waals surface area contributed by atoms with E-state index in [2.05, 4.69) is 284 Å². The third kappa shape index (κ3) is 8.27. The van der Waals surface area contributed by atoms with Gasteiger partial charge in [-0.3, -0.25) is 0 Å². The van der Waals surface area contributed by atoms with Crippen LogP contribution in [-0.4, -0.2) is 12.3 Å². The van der Waals surface area contributed by atoms with E-state index in [4.69, 9.17) is 4.42 Å². The third-order valence-corrected chi connectivity index (χ3v) is 19.8. The second-order valence-electron chi connectivity index (χ2n) is 30.3. The van der Waals surface area contributed by atoms with Gasteiger partial charge in [0.05, 0.1) is 16.9 Å². The van der Waals surface area contributed by atoms with Gasteiger partial charge in [-0.2, -0.15) is 0 Å². The molecular weight excluding hydrogens is 982 g/mol. The number of hydrogen-bond acceptors (Lipinski definition) is 4. The predicted molar refractivity (Wildman–Crippen MR) is 349 cm³/mol. The molecule has 0 radical (unpaired) electrons. The molecular formula is C76H84BN3O. The molecule has 4 nitrogen and oxygen atoms in total. The Labute approximate surface area is 484 Å². The van der Waals surface area contributed by atoms with Crippen molar-refractivity contribution in [2.24, 2.45) is 0 Å². The Hall–Kier alpha value is -6.98. The molecule has 3 aliphatic heterocycles. The molecule has 1 fully saturated rings. The van der Waals surface area contributed by atoms with Crippen molar-refractivity contribution in [3.63, 3.8) is 0 Å². The van der Waals surface area contributed by atoms with Crippen LogP contribution in [0.2, 0.25) is 0 Å². The Kier molecular flexibility index (Phi) is 11.7. The summed E-state index contributed by atoms with van der Waals surface area (Å²) in [6.07, 6.45) is 4.69. The molecule has 2 atom stereocenters. The van der Waals surface area contributed by atoms with Crippen molar-refractivity contribution >= 4 is 90.5 Å². The lowest BCUT2D eigenvalue weighted by Crippen LogP contribution is -2.64. The number of anilines is 8. The Bertz CT molecular complexity index is 3940. The summed E-state index contributed by atoms with van der Waals surface area (Å²) in [5.41, 5.74) is 25.8. The van der Waals surface area contributed by atoms with Crippen LogP contribution in [0.4, 0.5) is 45.5 Å². The first-order valence-electron chi connectivity index (χ1n) is 30.2. The van der Waals surface area contributed by atoms with E-state index in [1.165, 1.54) is 96.5 Å². The summed E-state index contributed by atoms with van der Waals surface area (Å²) >= 11 is 0. The minimum absolute atomic E-state index is 0.00597. The Morgan fingerprint density at radius 2 is 0.988 bits per heavy atom. The lowest BCUT2D eigenvalue weighted by atomic mass is 9.33. The summed E-state index contributed by atoms with van der Waals surface area (Å²) in [6.45, 7) is 40.2. The van der Waals surface area contributed by atoms with Gasteiger partial charge in [0, 0.05) is 55.9 Å². The first-order valence-corrected chi connectivity index (χ1v) is 30.2. The number of furan rings is 1. The van der Waals surface area contributed by atoms with Crippen LogP contribution in [0.1, 0.15) is 177 Å². The number of benzene rings is 8. The summed E-state index contributed by atoms with van der Waals surface area (Å²) < 4.78 is 7.17. The maximum Gasteiger partial charge on any atom is 0.252 e. The molecule has 9 aromatic rings. The standard InChI is InChI=1S/C76H84BN3O/c1-70(2,3)48-25-31-53(32-26-48)78(54-33-27-49(28-34-54)71(4,5)6)55-43-64-68-65(44-55)80-69-59(75(16)37-21-22-38-76(75,80)17)40-52(74(13,14)15)41-61(69)77(68)60-46-67-58(56-35-29-51(73(10,11)12)42-66(56)81-67)45-63(60)79(64)62-36-30-50(72(7,8)9)39-57(62)47-23-19-18-20-24-47/h18-20,23-36,39-46H,21-22,37-38H2,1-17H3. The quantitative estimate of drug-likeness (QED) is 0.160. The number of hydrogen-bond donors (Lipinski definition) is 0. The van der Waals surface area contributed by atoms with Gasteiger partial charge < -0.3 is 19.1 Å². The van der Waals surface area contributed by atoms with Crippen LogP contribution in [0.25, 0.3) is 33.1 Å². The van der Waals surface area contributed by atoms with E-state index >= 15 is 0 Å². The highest BCUT2D eigenvalue weighted by Crippen LogP contribution is 2.63. The molecule has 4 heterocycles. The number of nitrogens with zero attached hydrogens (tertiary/aromatic N) is 3. The predicted octanol–water partition coefficient (Wildman–Crippen LogP) is 19.6. The lowest BCUT2D eigenvalue weighted by Gasteiger charge is -2.53. The van der Waals surface area contributed by atoms with Crippen LogP contribution in [0.3, 0.4) is 0 Å². The molecule has 1 saturated carbocycles. The van der Waals surface area contributed by atoms with Crippen LogP contribution in [-0.2, 0) is 32.5 Å². The van der Waals surface area contributed by atoms with Crippen LogP contribution >= 0.6 is 0 Å². The topological polar surface area (TPSA) is 22.9 Å². The molecule has 81 heavy (non-hydrogen) atoms. The van der Waals surface area contributed by atoms with Gasteiger partial charge in [0.2, 0.25) is 0 Å². The number of fused-ring (bicyclic) bond motifs is 10. The zero-order valence-corrected chi connectivity index (χ0v) is 51.6. The summed E-state index contributed by atoms with van der Waals surface area (Å²) in [7, 11) is 0. The molecule has 2 unspecified atom stereocenters. The smallest absolute Gasteiger partial charge is 0.252 e. The molecule has 0 bridgehead atoms. The second kappa shape index (κ2) is 17.8. The fraction of sp³-hybridized carbons (Fsp3) is 0.368. The van der Waals surface area contributed by atoms with Crippen LogP contribution in [0, 0.1) is 0 Å². The first-order chi connectivity index (χ1) is 38.0. The first kappa shape index (κ1) is 53.3. The lowest BCUT2D eigenvalue weighted by molar-refractivity contribution is 0.195. The highest BCUT2D eigenvalue weighted by molar-refractivity contribution is 7.00. The average Bonchev–Trinajstić information content (AvgIpc) is 3.58. The summed E-state index contributed by atoms with van der Waals surface area (Å²) in [4.78, 5) is 8.14. The van der Waals surface area contributed by atoms with Gasteiger partial charge in [-0.05, 0) is 169 Å². The molecule has 1 aromatic heterocycles. The van der Waals surface area contributed by atoms with Crippen LogP contribution < -0.4 is 31.1 Å². The van der Waals surface area contributed by atoms with E-state index in [-0.39, 0.29) is 44.7 Å². The van der Waals surface area contributed by atoms with Gasteiger partial charge >= 0.3 is 0 Å². The molecule has 13 rings (SSSR count). The fourth-order valence-corrected chi connectivity index (χ4v) is 14.6. The van der Waals surface area contributed by atoms with Gasteiger partial charge in [0.1, 0.15) is 11.2 Å². The van der Waals surface area contributed by atoms with Crippen molar-refractivity contribution in [1.82, 2.24) is 0 Å². The highest BCUT2D eigenvalue weighted by Gasteiger charge is 2.62. The molecule has 1 aliphatic carbocycles. The summed E-state index contributed by atoms with van der Waals surface area (Å²) in [5, 5.41) is 2.28. The van der Waals surface area contributed by atoms with Crippen LogP contribution in [0.5, 0.6) is 0 Å². The number of rotatable bonds is 5. The van der Waals surface area contributed by atoms with Gasteiger partial charge in [0.15, 0.2) is 0 Å². The monoisotopic (exact) mass is 1070 g/mol. The largest absolute Gasteiger partial charge is 0.456 e. The SMILES string of the molecule is CC(C)(C)c1ccc(N(c2ccc(C(C)(C)C)cc2)c2cc3c4c(c2)N2c5c(cc(C(C)(C)C)cc5C5(C)CCCCC25C)B4c2cc4oc5cc(C(C)(C)C)ccc5c4cc2N3c2ccc(C(C)(C)C)cc2-c2ccccc2)cc1. The average molecular weight is 1070 g/mol. The molecule has 5 heteroatoms. The molecule has 4 aliphatic rings. The van der Waals surface area contributed by atoms with Crippen molar-refractivity contribution in [1.29, 1.82) is 0 Å². The van der Waals surface area contributed by atoms with Gasteiger partial charge in [0.25, 0.3) is 6.71 Å². The van der Waals surface area contributed by atoms with Crippen molar-refractivity contribution in [3.8, 4) is 11.1 Å². The van der Waals surface area contributed by atoms with E-state index in [1.54, 1.807) is 0 Å². The Morgan fingerprint density at radius 1 is 0.444 bits per heavy atom. The molecule has 0 amide bonds. The van der Waals surface area contributed by atoms with Gasteiger partial charge in [-0.1, -0.05) is 209 Å². The zero-order valence-electron chi connectivity index (χ0n) is 51.6. The van der Waals surface area contributed by atoms with E-state index in [0.717, 1.165) is 57.5 Å². The van der Waals surface area contributed by atoms with Gasteiger partial charge in [-0.15, -0.1) is 0 Å². The van der Waals surface area contributed by atoms with Crippen molar-refractivity contribution < 1.29 is 4.42 Å². The maximum atomic E-state index is 7.17. The molecule has 0 spiro atoms. The van der Waals surface area contributed by atoms with Crippen molar-refractivity contribution in [3.05, 3.63) is 185 Å². The highest BCUT2D eigenvalue weighted by atomic mass is 16.3.